The third kappa shape index (κ3) is 4.74. The number of rotatable bonds is 7. The highest BCUT2D eigenvalue weighted by Crippen LogP contribution is 2.06. The maximum absolute atomic E-state index is 5.09. The van der Waals surface area contributed by atoms with Crippen LogP contribution in [0.1, 0.15) is 32.0 Å². The van der Waals surface area contributed by atoms with Gasteiger partial charge in [-0.15, -0.1) is 6.58 Å². The van der Waals surface area contributed by atoms with Crippen LogP contribution in [0.2, 0.25) is 0 Å². The Morgan fingerprint density at radius 2 is 2.33 bits per heavy atom. The molecule has 0 aliphatic heterocycles. The van der Waals surface area contributed by atoms with E-state index >= 15 is 0 Å². The SMILES string of the molecule is C=CCNCc1nc(CCC(C)C)no1. The average molecular weight is 209 g/mol. The van der Waals surface area contributed by atoms with Gasteiger partial charge in [0.05, 0.1) is 6.54 Å². The Bertz CT molecular complexity index is 294. The molecular weight excluding hydrogens is 190 g/mol. The van der Waals surface area contributed by atoms with E-state index in [2.05, 4.69) is 35.9 Å². The molecular formula is C11H19N3O. The number of hydrogen-bond donors (Lipinski definition) is 1. The molecule has 4 heteroatoms. The van der Waals surface area contributed by atoms with E-state index in [0.717, 1.165) is 25.2 Å². The zero-order valence-electron chi connectivity index (χ0n) is 9.49. The lowest BCUT2D eigenvalue weighted by atomic mass is 10.1. The summed E-state index contributed by atoms with van der Waals surface area (Å²) in [6, 6.07) is 0. The van der Waals surface area contributed by atoms with Crippen molar-refractivity contribution in [1.29, 1.82) is 0 Å². The number of aryl methyl sites for hydroxylation is 1. The topological polar surface area (TPSA) is 51.0 Å². The minimum atomic E-state index is 0.612. The molecule has 0 saturated carbocycles. The van der Waals surface area contributed by atoms with Crippen molar-refractivity contribution in [2.24, 2.45) is 5.92 Å². The summed E-state index contributed by atoms with van der Waals surface area (Å²) in [7, 11) is 0. The predicted octanol–water partition coefficient (Wildman–Crippen LogP) is 1.93. The van der Waals surface area contributed by atoms with E-state index in [1.165, 1.54) is 0 Å². The Labute approximate surface area is 90.8 Å². The van der Waals surface area contributed by atoms with Crippen molar-refractivity contribution in [3.8, 4) is 0 Å². The van der Waals surface area contributed by atoms with Gasteiger partial charge in [-0.05, 0) is 12.3 Å². The molecule has 0 aliphatic rings. The van der Waals surface area contributed by atoms with Crippen LogP contribution in [0.4, 0.5) is 0 Å². The molecule has 4 nitrogen and oxygen atoms in total. The minimum Gasteiger partial charge on any atom is -0.338 e. The molecule has 0 amide bonds. The molecule has 0 bridgehead atoms. The second-order valence-electron chi connectivity index (χ2n) is 3.96. The molecule has 1 N–H and O–H groups in total. The van der Waals surface area contributed by atoms with Crippen LogP contribution in [-0.4, -0.2) is 16.7 Å². The molecule has 0 fully saturated rings. The Morgan fingerprint density at radius 1 is 1.53 bits per heavy atom. The van der Waals surface area contributed by atoms with E-state index in [1.807, 2.05) is 0 Å². The first kappa shape index (κ1) is 11.9. The van der Waals surface area contributed by atoms with Crippen LogP contribution in [0.15, 0.2) is 17.2 Å². The zero-order valence-corrected chi connectivity index (χ0v) is 9.49. The van der Waals surface area contributed by atoms with Gasteiger partial charge in [0.15, 0.2) is 5.82 Å². The number of aromatic nitrogens is 2. The van der Waals surface area contributed by atoms with Gasteiger partial charge in [0.1, 0.15) is 0 Å². The van der Waals surface area contributed by atoms with Crippen molar-refractivity contribution in [2.75, 3.05) is 6.54 Å². The second kappa shape index (κ2) is 6.35. The maximum atomic E-state index is 5.09. The molecule has 84 valence electrons. The lowest BCUT2D eigenvalue weighted by Crippen LogP contribution is -2.12. The lowest BCUT2D eigenvalue weighted by molar-refractivity contribution is 0.364. The number of nitrogens with zero attached hydrogens (tertiary/aromatic N) is 2. The van der Waals surface area contributed by atoms with Crippen LogP contribution in [0.3, 0.4) is 0 Å². The quantitative estimate of drug-likeness (QED) is 0.550. The fourth-order valence-corrected chi connectivity index (χ4v) is 1.16. The number of hydrogen-bond acceptors (Lipinski definition) is 4. The van der Waals surface area contributed by atoms with Crippen molar-refractivity contribution in [2.45, 2.75) is 33.2 Å². The predicted molar refractivity (Wildman–Crippen MR) is 59.4 cm³/mol. The summed E-state index contributed by atoms with van der Waals surface area (Å²) in [6.45, 7) is 9.36. The van der Waals surface area contributed by atoms with Crippen molar-refractivity contribution >= 4 is 0 Å². The first-order chi connectivity index (χ1) is 7.22. The first-order valence-electron chi connectivity index (χ1n) is 5.35. The first-order valence-corrected chi connectivity index (χ1v) is 5.35. The highest BCUT2D eigenvalue weighted by atomic mass is 16.5. The standard InChI is InChI=1S/C11H19N3O/c1-4-7-12-8-11-13-10(14-15-11)6-5-9(2)3/h4,9,12H,1,5-8H2,2-3H3. The third-order valence-corrected chi connectivity index (χ3v) is 2.02. The molecule has 1 aromatic heterocycles. The van der Waals surface area contributed by atoms with E-state index in [0.29, 0.717) is 18.4 Å². The summed E-state index contributed by atoms with van der Waals surface area (Å²) < 4.78 is 5.09. The van der Waals surface area contributed by atoms with Gasteiger partial charge in [-0.3, -0.25) is 0 Å². The Hall–Kier alpha value is -1.16. The Kier molecular flexibility index (Phi) is 5.04. The molecule has 0 atom stereocenters. The van der Waals surface area contributed by atoms with Gasteiger partial charge in [0, 0.05) is 13.0 Å². The maximum Gasteiger partial charge on any atom is 0.240 e. The van der Waals surface area contributed by atoms with Crippen molar-refractivity contribution in [1.82, 2.24) is 15.5 Å². The summed E-state index contributed by atoms with van der Waals surface area (Å²) in [5.41, 5.74) is 0. The summed E-state index contributed by atoms with van der Waals surface area (Å²) in [5.74, 6) is 2.13. The number of nitrogens with one attached hydrogen (secondary N) is 1. The van der Waals surface area contributed by atoms with Crippen LogP contribution in [-0.2, 0) is 13.0 Å². The van der Waals surface area contributed by atoms with Gasteiger partial charge in [0.2, 0.25) is 5.89 Å². The van der Waals surface area contributed by atoms with Gasteiger partial charge in [-0.1, -0.05) is 25.1 Å². The fourth-order valence-electron chi connectivity index (χ4n) is 1.16. The van der Waals surface area contributed by atoms with Crippen LogP contribution < -0.4 is 5.32 Å². The molecule has 15 heavy (non-hydrogen) atoms. The molecule has 0 spiro atoms. The molecule has 0 saturated heterocycles. The lowest BCUT2D eigenvalue weighted by Gasteiger charge is -1.98. The average Bonchev–Trinajstić information content (AvgIpc) is 2.63. The highest BCUT2D eigenvalue weighted by Gasteiger charge is 2.05. The van der Waals surface area contributed by atoms with E-state index in [-0.39, 0.29) is 0 Å². The largest absolute Gasteiger partial charge is 0.338 e. The molecule has 0 aromatic carbocycles. The van der Waals surface area contributed by atoms with E-state index in [1.54, 1.807) is 6.08 Å². The van der Waals surface area contributed by atoms with E-state index in [4.69, 9.17) is 4.52 Å². The van der Waals surface area contributed by atoms with Crippen LogP contribution >= 0.6 is 0 Å². The smallest absolute Gasteiger partial charge is 0.240 e. The molecule has 1 heterocycles. The Morgan fingerprint density at radius 3 is 3.00 bits per heavy atom. The van der Waals surface area contributed by atoms with Gasteiger partial charge in [-0.2, -0.15) is 4.98 Å². The minimum absolute atomic E-state index is 0.612. The van der Waals surface area contributed by atoms with Gasteiger partial charge >= 0.3 is 0 Å². The monoisotopic (exact) mass is 209 g/mol. The Balaban J connectivity index is 2.32. The molecule has 0 radical (unpaired) electrons. The summed E-state index contributed by atoms with van der Waals surface area (Å²) >= 11 is 0. The summed E-state index contributed by atoms with van der Waals surface area (Å²) in [6.07, 6.45) is 3.79. The molecule has 1 rings (SSSR count). The zero-order chi connectivity index (χ0) is 11.1. The van der Waals surface area contributed by atoms with E-state index in [9.17, 15) is 0 Å². The molecule has 0 unspecified atom stereocenters. The van der Waals surface area contributed by atoms with Gasteiger partial charge in [-0.25, -0.2) is 0 Å². The van der Waals surface area contributed by atoms with Crippen molar-refractivity contribution in [3.63, 3.8) is 0 Å². The van der Waals surface area contributed by atoms with Gasteiger partial charge in [0.25, 0.3) is 0 Å². The third-order valence-electron chi connectivity index (χ3n) is 2.02. The second-order valence-corrected chi connectivity index (χ2v) is 3.96. The fraction of sp³-hybridized carbons (Fsp3) is 0.636. The molecule has 0 aliphatic carbocycles. The van der Waals surface area contributed by atoms with Crippen LogP contribution in [0.25, 0.3) is 0 Å². The van der Waals surface area contributed by atoms with Crippen LogP contribution in [0.5, 0.6) is 0 Å². The van der Waals surface area contributed by atoms with Crippen LogP contribution in [0, 0.1) is 5.92 Å². The summed E-state index contributed by atoms with van der Waals surface area (Å²) in [4.78, 5) is 4.28. The molecule has 1 aromatic rings. The highest BCUT2D eigenvalue weighted by molar-refractivity contribution is 4.87. The van der Waals surface area contributed by atoms with Crippen molar-refractivity contribution in [3.05, 3.63) is 24.4 Å². The normalized spacial score (nSPS) is 10.9. The van der Waals surface area contributed by atoms with Gasteiger partial charge < -0.3 is 9.84 Å². The van der Waals surface area contributed by atoms with E-state index < -0.39 is 0 Å². The summed E-state index contributed by atoms with van der Waals surface area (Å²) in [5, 5.41) is 7.03. The van der Waals surface area contributed by atoms with Crippen molar-refractivity contribution < 1.29 is 4.52 Å².